The number of amides is 1. The van der Waals surface area contributed by atoms with Crippen LogP contribution in [0, 0.1) is 0 Å². The van der Waals surface area contributed by atoms with Crippen molar-refractivity contribution in [2.75, 3.05) is 0 Å². The molecule has 0 spiro atoms. The first-order chi connectivity index (χ1) is 12.7. The number of carbonyl (C=O) groups is 1. The van der Waals surface area contributed by atoms with Crippen molar-refractivity contribution in [1.82, 2.24) is 20.2 Å². The third-order valence-electron chi connectivity index (χ3n) is 5.55. The van der Waals surface area contributed by atoms with Crippen molar-refractivity contribution in [1.29, 1.82) is 0 Å². The lowest BCUT2D eigenvalue weighted by Crippen LogP contribution is -2.52. The Hall–Kier alpha value is -1.85. The monoisotopic (exact) mass is 372 g/mol. The molecule has 4 rings (SSSR count). The van der Waals surface area contributed by atoms with Crippen LogP contribution in [0.5, 0.6) is 0 Å². The van der Waals surface area contributed by atoms with Crippen molar-refractivity contribution < 1.29 is 4.79 Å². The SMILES string of the molecule is O=C(NC1CCCCC1)[C@@H]1Cc2nc[nH]c2CN1Cc1ccc(Cl)cc1. The van der Waals surface area contributed by atoms with Crippen LogP contribution in [0.2, 0.25) is 5.02 Å². The first-order valence-electron chi connectivity index (χ1n) is 9.49. The molecule has 2 heterocycles. The number of nitrogens with one attached hydrogen (secondary N) is 2. The predicted octanol–water partition coefficient (Wildman–Crippen LogP) is 3.44. The summed E-state index contributed by atoms with van der Waals surface area (Å²) in [6.07, 6.45) is 8.31. The number of halogens is 1. The van der Waals surface area contributed by atoms with Crippen LogP contribution in [-0.4, -0.2) is 32.9 Å². The number of H-pyrrole nitrogens is 1. The number of fused-ring (bicyclic) bond motifs is 1. The average Bonchev–Trinajstić information content (AvgIpc) is 3.11. The first kappa shape index (κ1) is 17.6. The van der Waals surface area contributed by atoms with E-state index in [0.29, 0.717) is 19.0 Å². The molecule has 26 heavy (non-hydrogen) atoms. The highest BCUT2D eigenvalue weighted by molar-refractivity contribution is 6.30. The second-order valence-corrected chi connectivity index (χ2v) is 7.86. The molecule has 0 saturated heterocycles. The van der Waals surface area contributed by atoms with Gasteiger partial charge in [0.2, 0.25) is 5.91 Å². The first-order valence-corrected chi connectivity index (χ1v) is 9.87. The summed E-state index contributed by atoms with van der Waals surface area (Å²) in [6.45, 7) is 1.43. The number of aromatic nitrogens is 2. The van der Waals surface area contributed by atoms with E-state index in [9.17, 15) is 4.79 Å². The summed E-state index contributed by atoms with van der Waals surface area (Å²) in [5.41, 5.74) is 3.29. The summed E-state index contributed by atoms with van der Waals surface area (Å²) in [7, 11) is 0. The van der Waals surface area contributed by atoms with Crippen LogP contribution in [0.4, 0.5) is 0 Å². The topological polar surface area (TPSA) is 61.0 Å². The lowest BCUT2D eigenvalue weighted by molar-refractivity contribution is -0.128. The summed E-state index contributed by atoms with van der Waals surface area (Å²) >= 11 is 6.00. The average molecular weight is 373 g/mol. The van der Waals surface area contributed by atoms with E-state index in [1.54, 1.807) is 6.33 Å². The fourth-order valence-corrected chi connectivity index (χ4v) is 4.21. The minimum Gasteiger partial charge on any atom is -0.352 e. The molecule has 1 aliphatic heterocycles. The van der Waals surface area contributed by atoms with Gasteiger partial charge in [0, 0.05) is 30.6 Å². The molecule has 0 bridgehead atoms. The van der Waals surface area contributed by atoms with Crippen molar-refractivity contribution in [2.24, 2.45) is 0 Å². The quantitative estimate of drug-likeness (QED) is 0.864. The predicted molar refractivity (Wildman–Crippen MR) is 102 cm³/mol. The molecule has 1 aromatic carbocycles. The number of nitrogens with zero attached hydrogens (tertiary/aromatic N) is 2. The van der Waals surface area contributed by atoms with Crippen LogP contribution in [0.3, 0.4) is 0 Å². The number of imidazole rings is 1. The Morgan fingerprint density at radius 1 is 1.23 bits per heavy atom. The maximum absolute atomic E-state index is 13.0. The summed E-state index contributed by atoms with van der Waals surface area (Å²) in [4.78, 5) is 22.9. The van der Waals surface area contributed by atoms with Gasteiger partial charge in [-0.25, -0.2) is 4.98 Å². The van der Waals surface area contributed by atoms with E-state index in [4.69, 9.17) is 11.6 Å². The zero-order valence-corrected chi connectivity index (χ0v) is 15.6. The van der Waals surface area contributed by atoms with Crippen LogP contribution in [0.15, 0.2) is 30.6 Å². The van der Waals surface area contributed by atoms with Gasteiger partial charge in [0.25, 0.3) is 0 Å². The molecule has 1 aromatic heterocycles. The Bertz CT molecular complexity index is 751. The van der Waals surface area contributed by atoms with Gasteiger partial charge in [-0.15, -0.1) is 0 Å². The van der Waals surface area contributed by atoms with Crippen molar-refractivity contribution in [2.45, 2.75) is 63.7 Å². The number of aromatic amines is 1. The molecule has 0 radical (unpaired) electrons. The Morgan fingerprint density at radius 2 is 2.00 bits per heavy atom. The highest BCUT2D eigenvalue weighted by Gasteiger charge is 2.34. The van der Waals surface area contributed by atoms with E-state index in [1.807, 2.05) is 24.3 Å². The Morgan fingerprint density at radius 3 is 2.77 bits per heavy atom. The largest absolute Gasteiger partial charge is 0.352 e. The maximum Gasteiger partial charge on any atom is 0.238 e. The molecule has 5 nitrogen and oxygen atoms in total. The van der Waals surface area contributed by atoms with E-state index in [0.717, 1.165) is 41.4 Å². The molecule has 2 N–H and O–H groups in total. The van der Waals surface area contributed by atoms with E-state index in [1.165, 1.54) is 19.3 Å². The molecule has 1 aliphatic carbocycles. The zero-order chi connectivity index (χ0) is 17.9. The molecule has 1 amide bonds. The van der Waals surface area contributed by atoms with E-state index in [2.05, 4.69) is 20.2 Å². The van der Waals surface area contributed by atoms with Crippen LogP contribution in [0.1, 0.15) is 49.1 Å². The van der Waals surface area contributed by atoms with E-state index >= 15 is 0 Å². The fourth-order valence-electron chi connectivity index (χ4n) is 4.08. The summed E-state index contributed by atoms with van der Waals surface area (Å²) in [5.74, 6) is 0.138. The summed E-state index contributed by atoms with van der Waals surface area (Å²) in [5, 5.41) is 4.03. The fraction of sp³-hybridized carbons (Fsp3) is 0.500. The van der Waals surface area contributed by atoms with Crippen LogP contribution >= 0.6 is 11.6 Å². The van der Waals surface area contributed by atoms with Gasteiger partial charge in [0.1, 0.15) is 0 Å². The molecule has 2 aromatic rings. The third-order valence-corrected chi connectivity index (χ3v) is 5.80. The Labute approximate surface area is 159 Å². The highest BCUT2D eigenvalue weighted by atomic mass is 35.5. The molecule has 138 valence electrons. The second-order valence-electron chi connectivity index (χ2n) is 7.42. The minimum absolute atomic E-state index is 0.138. The normalized spacial score (nSPS) is 21.3. The van der Waals surface area contributed by atoms with Crippen molar-refractivity contribution >= 4 is 17.5 Å². The highest BCUT2D eigenvalue weighted by Crippen LogP contribution is 2.24. The van der Waals surface area contributed by atoms with Gasteiger partial charge in [-0.1, -0.05) is 43.0 Å². The van der Waals surface area contributed by atoms with Gasteiger partial charge in [0.15, 0.2) is 0 Å². The van der Waals surface area contributed by atoms with Crippen molar-refractivity contribution in [3.05, 3.63) is 52.6 Å². The molecule has 0 unspecified atom stereocenters. The van der Waals surface area contributed by atoms with Gasteiger partial charge < -0.3 is 10.3 Å². The molecule has 2 aliphatic rings. The van der Waals surface area contributed by atoms with E-state index in [-0.39, 0.29) is 11.9 Å². The zero-order valence-electron chi connectivity index (χ0n) is 14.9. The lowest BCUT2D eigenvalue weighted by Gasteiger charge is -2.35. The molecule has 1 fully saturated rings. The van der Waals surface area contributed by atoms with Crippen molar-refractivity contribution in [3.8, 4) is 0 Å². The third kappa shape index (κ3) is 3.94. The number of benzene rings is 1. The molecule has 1 atom stereocenters. The van der Waals surface area contributed by atoms with Crippen LogP contribution < -0.4 is 5.32 Å². The smallest absolute Gasteiger partial charge is 0.238 e. The number of carbonyl (C=O) groups excluding carboxylic acids is 1. The van der Waals surface area contributed by atoms with Gasteiger partial charge in [-0.2, -0.15) is 0 Å². The van der Waals surface area contributed by atoms with E-state index < -0.39 is 0 Å². The number of rotatable bonds is 4. The van der Waals surface area contributed by atoms with Gasteiger partial charge in [-0.05, 0) is 30.5 Å². The number of hydrogen-bond donors (Lipinski definition) is 2. The second kappa shape index (κ2) is 7.80. The maximum atomic E-state index is 13.0. The Balaban J connectivity index is 1.50. The number of hydrogen-bond acceptors (Lipinski definition) is 3. The van der Waals surface area contributed by atoms with Crippen molar-refractivity contribution in [3.63, 3.8) is 0 Å². The summed E-state index contributed by atoms with van der Waals surface area (Å²) in [6, 6.07) is 8.01. The Kier molecular flexibility index (Phi) is 5.27. The molecule has 6 heteroatoms. The van der Waals surface area contributed by atoms with Gasteiger partial charge in [0.05, 0.1) is 23.8 Å². The molecular formula is C20H25ClN4O. The standard InChI is InChI=1S/C20H25ClN4O/c21-15-8-6-14(7-9-15)11-25-12-18-17(22-13-23-18)10-19(25)20(26)24-16-4-2-1-3-5-16/h6-9,13,16,19H,1-5,10-12H2,(H,22,23)(H,24,26)/t19-/m0/s1. The van der Waals surface area contributed by atoms with Gasteiger partial charge in [-0.3, -0.25) is 9.69 Å². The van der Waals surface area contributed by atoms with Crippen LogP contribution in [-0.2, 0) is 24.3 Å². The molecule has 1 saturated carbocycles. The molecular weight excluding hydrogens is 348 g/mol. The van der Waals surface area contributed by atoms with Gasteiger partial charge >= 0.3 is 0 Å². The van der Waals surface area contributed by atoms with Crippen LogP contribution in [0.25, 0.3) is 0 Å². The minimum atomic E-state index is -0.177. The lowest BCUT2D eigenvalue weighted by atomic mass is 9.94. The summed E-state index contributed by atoms with van der Waals surface area (Å²) < 4.78 is 0.